The Kier molecular flexibility index (Phi) is 5.41. The highest BCUT2D eigenvalue weighted by Crippen LogP contribution is 2.36. The highest BCUT2D eigenvalue weighted by molar-refractivity contribution is 8.00. The van der Waals surface area contributed by atoms with Crippen LogP contribution in [0.3, 0.4) is 0 Å². The Hall–Kier alpha value is -2.32. The number of rotatable bonds is 7. The first-order valence-corrected chi connectivity index (χ1v) is 10.9. The molecule has 0 bridgehead atoms. The summed E-state index contributed by atoms with van der Waals surface area (Å²) in [4.78, 5) is 32.5. The van der Waals surface area contributed by atoms with Crippen molar-refractivity contribution in [2.75, 3.05) is 6.54 Å². The summed E-state index contributed by atoms with van der Waals surface area (Å²) in [7, 11) is 0. The molecule has 3 aromatic rings. The fourth-order valence-corrected chi connectivity index (χ4v) is 5.61. The van der Waals surface area contributed by atoms with Gasteiger partial charge in [-0.2, -0.15) is 0 Å². The van der Waals surface area contributed by atoms with E-state index >= 15 is 0 Å². The highest BCUT2D eigenvalue weighted by atomic mass is 32.2. The Morgan fingerprint density at radius 2 is 2.39 bits per heavy atom. The van der Waals surface area contributed by atoms with E-state index in [0.29, 0.717) is 24.0 Å². The number of hydrogen-bond acceptors (Lipinski definition) is 6. The molecule has 6 nitrogen and oxygen atoms in total. The molecule has 0 unspecified atom stereocenters. The van der Waals surface area contributed by atoms with Gasteiger partial charge in [-0.1, -0.05) is 17.8 Å². The quantitative estimate of drug-likeness (QED) is 0.364. The number of aromatic nitrogens is 2. The molecule has 1 aliphatic rings. The maximum atomic E-state index is 13.4. The lowest BCUT2D eigenvalue weighted by Gasteiger charge is -2.15. The maximum Gasteiger partial charge on any atom is 0.263 e. The predicted molar refractivity (Wildman–Crippen MR) is 112 cm³/mol. The van der Waals surface area contributed by atoms with Crippen LogP contribution in [0.5, 0.6) is 0 Å². The molecule has 28 heavy (non-hydrogen) atoms. The molecular weight excluding hydrogens is 394 g/mol. The minimum absolute atomic E-state index is 0.0537. The fraction of sp³-hybridized carbons (Fsp3) is 0.350. The average molecular weight is 416 g/mol. The summed E-state index contributed by atoms with van der Waals surface area (Å²) < 4.78 is 7.09. The summed E-state index contributed by atoms with van der Waals surface area (Å²) in [6.45, 7) is 6.13. The van der Waals surface area contributed by atoms with E-state index in [9.17, 15) is 9.59 Å². The third kappa shape index (κ3) is 3.54. The third-order valence-corrected chi connectivity index (χ3v) is 7.03. The summed E-state index contributed by atoms with van der Waals surface area (Å²) in [5.74, 6) is 0.568. The lowest BCUT2D eigenvalue weighted by Crippen LogP contribution is -2.32. The number of thioether (sulfide) groups is 1. The second kappa shape index (κ2) is 7.97. The number of amides is 1. The molecule has 3 heterocycles. The zero-order valence-corrected chi connectivity index (χ0v) is 17.2. The summed E-state index contributed by atoms with van der Waals surface area (Å²) in [5, 5.41) is 3.67. The molecule has 0 saturated heterocycles. The molecule has 0 spiro atoms. The zero-order chi connectivity index (χ0) is 19.7. The molecule has 146 valence electrons. The van der Waals surface area contributed by atoms with Crippen molar-refractivity contribution in [3.63, 3.8) is 0 Å². The van der Waals surface area contributed by atoms with Gasteiger partial charge in [-0.15, -0.1) is 17.9 Å². The topological polar surface area (TPSA) is 77.1 Å². The van der Waals surface area contributed by atoms with Crippen molar-refractivity contribution in [1.29, 1.82) is 0 Å². The van der Waals surface area contributed by atoms with Crippen molar-refractivity contribution < 1.29 is 9.21 Å². The molecule has 8 heteroatoms. The van der Waals surface area contributed by atoms with Crippen molar-refractivity contribution >= 4 is 39.2 Å². The molecule has 1 amide bonds. The van der Waals surface area contributed by atoms with E-state index in [4.69, 9.17) is 9.40 Å². The van der Waals surface area contributed by atoms with Gasteiger partial charge in [0.25, 0.3) is 5.56 Å². The number of hydrogen-bond donors (Lipinski definition) is 1. The number of nitrogens with zero attached hydrogens (tertiary/aromatic N) is 2. The highest BCUT2D eigenvalue weighted by Gasteiger charge is 2.25. The van der Waals surface area contributed by atoms with Crippen molar-refractivity contribution in [3.8, 4) is 0 Å². The van der Waals surface area contributed by atoms with Crippen LogP contribution in [0.15, 0.2) is 45.4 Å². The zero-order valence-electron chi connectivity index (χ0n) is 15.6. The molecule has 0 saturated carbocycles. The first kappa shape index (κ1) is 19.0. The summed E-state index contributed by atoms with van der Waals surface area (Å²) in [5.41, 5.74) is 1.10. The average Bonchev–Trinajstić information content (AvgIpc) is 3.39. The first-order chi connectivity index (χ1) is 13.6. The number of thiophene rings is 1. The van der Waals surface area contributed by atoms with E-state index < -0.39 is 0 Å². The number of fused-ring (bicyclic) bond motifs is 3. The van der Waals surface area contributed by atoms with Crippen molar-refractivity contribution in [2.24, 2.45) is 0 Å². The van der Waals surface area contributed by atoms with Crippen LogP contribution >= 0.6 is 23.1 Å². The van der Waals surface area contributed by atoms with Crippen LogP contribution in [0.2, 0.25) is 0 Å². The van der Waals surface area contributed by atoms with Crippen molar-refractivity contribution in [3.05, 3.63) is 57.6 Å². The van der Waals surface area contributed by atoms with Gasteiger partial charge in [0.2, 0.25) is 5.91 Å². The monoisotopic (exact) mass is 415 g/mol. The Labute approximate surface area is 170 Å². The lowest BCUT2D eigenvalue weighted by atomic mass is 10.2. The Morgan fingerprint density at radius 1 is 1.54 bits per heavy atom. The molecule has 1 N–H and O–H groups in total. The van der Waals surface area contributed by atoms with Crippen LogP contribution in [0.25, 0.3) is 10.2 Å². The van der Waals surface area contributed by atoms with Crippen LogP contribution in [0.1, 0.15) is 29.5 Å². The van der Waals surface area contributed by atoms with Crippen LogP contribution in [-0.2, 0) is 24.2 Å². The normalized spacial score (nSPS) is 14.2. The van der Waals surface area contributed by atoms with Gasteiger partial charge >= 0.3 is 0 Å². The lowest BCUT2D eigenvalue weighted by molar-refractivity contribution is -0.120. The molecule has 0 aliphatic heterocycles. The Morgan fingerprint density at radius 3 is 3.14 bits per heavy atom. The summed E-state index contributed by atoms with van der Waals surface area (Å²) in [6.07, 6.45) is 6.26. The molecular formula is C20H21N3O3S2. The first-order valence-electron chi connectivity index (χ1n) is 9.21. The van der Waals surface area contributed by atoms with Gasteiger partial charge in [0, 0.05) is 11.4 Å². The molecule has 0 aromatic carbocycles. The SMILES string of the molecule is C=CCNC(=O)[C@H](C)Sc1nc2sc3c(c2c(=O)n1Cc1ccco1)CCC3. The second-order valence-electron chi connectivity index (χ2n) is 6.70. The van der Waals surface area contributed by atoms with Gasteiger partial charge in [-0.25, -0.2) is 4.98 Å². The predicted octanol–water partition coefficient (Wildman–Crippen LogP) is 3.37. The minimum Gasteiger partial charge on any atom is -0.467 e. The van der Waals surface area contributed by atoms with E-state index in [1.807, 2.05) is 13.0 Å². The van der Waals surface area contributed by atoms with Crippen LogP contribution in [0, 0.1) is 0 Å². The standard InChI is InChI=1S/C20H21N3O3S2/c1-3-9-21-17(24)12(2)27-20-22-18-16(14-7-4-8-15(14)28-18)19(25)23(20)11-13-6-5-10-26-13/h3,5-6,10,12H,1,4,7-9,11H2,2H3,(H,21,24)/t12-/m0/s1. The van der Waals surface area contributed by atoms with Crippen molar-refractivity contribution in [2.45, 2.75) is 43.1 Å². The van der Waals surface area contributed by atoms with E-state index in [-0.39, 0.29) is 16.7 Å². The van der Waals surface area contributed by atoms with Gasteiger partial charge < -0.3 is 9.73 Å². The van der Waals surface area contributed by atoms with Crippen molar-refractivity contribution in [1.82, 2.24) is 14.9 Å². The number of carbonyl (C=O) groups excluding carboxylic acids is 1. The van der Waals surface area contributed by atoms with E-state index in [2.05, 4.69) is 11.9 Å². The van der Waals surface area contributed by atoms with Gasteiger partial charge in [-0.05, 0) is 43.9 Å². The van der Waals surface area contributed by atoms with Gasteiger partial charge in [-0.3, -0.25) is 14.2 Å². The molecule has 0 radical (unpaired) electrons. The molecule has 4 rings (SSSR count). The molecule has 3 aromatic heterocycles. The van der Waals surface area contributed by atoms with E-state index in [0.717, 1.165) is 35.0 Å². The molecule has 1 aliphatic carbocycles. The minimum atomic E-state index is -0.390. The molecule has 1 atom stereocenters. The van der Waals surface area contributed by atoms with Gasteiger partial charge in [0.05, 0.1) is 23.4 Å². The van der Waals surface area contributed by atoms with Crippen LogP contribution < -0.4 is 10.9 Å². The third-order valence-electron chi connectivity index (χ3n) is 4.76. The second-order valence-corrected chi connectivity index (χ2v) is 9.09. The van der Waals surface area contributed by atoms with Crippen LogP contribution in [0.4, 0.5) is 0 Å². The smallest absolute Gasteiger partial charge is 0.263 e. The summed E-state index contributed by atoms with van der Waals surface area (Å²) >= 11 is 2.90. The number of nitrogens with one attached hydrogen (secondary N) is 1. The number of furan rings is 1. The Bertz CT molecular complexity index is 1080. The van der Waals surface area contributed by atoms with E-state index in [1.165, 1.54) is 16.6 Å². The van der Waals surface area contributed by atoms with Crippen LogP contribution in [-0.4, -0.2) is 27.3 Å². The number of carbonyl (C=O) groups is 1. The molecule has 0 fully saturated rings. The summed E-state index contributed by atoms with van der Waals surface area (Å²) in [6, 6.07) is 3.64. The maximum absolute atomic E-state index is 13.4. The van der Waals surface area contributed by atoms with Gasteiger partial charge in [0.1, 0.15) is 10.6 Å². The van der Waals surface area contributed by atoms with Gasteiger partial charge in [0.15, 0.2) is 5.16 Å². The number of aryl methyl sites for hydroxylation is 2. The van der Waals surface area contributed by atoms with E-state index in [1.54, 1.807) is 34.3 Å². The fourth-order valence-electron chi connectivity index (χ4n) is 3.37. The largest absolute Gasteiger partial charge is 0.467 e. The Balaban J connectivity index is 1.76.